The van der Waals surface area contributed by atoms with Gasteiger partial charge < -0.3 is 30.1 Å². The maximum absolute atomic E-state index is 13.1. The molecule has 0 radical (unpaired) electrons. The van der Waals surface area contributed by atoms with Gasteiger partial charge in [0.15, 0.2) is 11.5 Å². The predicted molar refractivity (Wildman–Crippen MR) is 161 cm³/mol. The van der Waals surface area contributed by atoms with Crippen molar-refractivity contribution in [3.05, 3.63) is 87.0 Å². The van der Waals surface area contributed by atoms with Crippen LogP contribution in [0.25, 0.3) is 6.08 Å². The molecule has 9 heteroatoms. The first-order chi connectivity index (χ1) is 20.7. The number of nitrogens with zero attached hydrogens (tertiary/aromatic N) is 2. The van der Waals surface area contributed by atoms with Crippen molar-refractivity contribution in [1.29, 1.82) is 0 Å². The monoisotopic (exact) mass is 583 g/mol. The lowest BCUT2D eigenvalue weighted by atomic mass is 9.73. The van der Waals surface area contributed by atoms with Gasteiger partial charge in [0.25, 0.3) is 0 Å². The molecule has 9 nitrogen and oxygen atoms in total. The lowest BCUT2D eigenvalue weighted by molar-refractivity contribution is -0.172. The molecule has 0 aliphatic carbocycles. The Kier molecular flexibility index (Phi) is 6.65. The van der Waals surface area contributed by atoms with Crippen molar-refractivity contribution in [2.75, 3.05) is 20.4 Å². The van der Waals surface area contributed by atoms with Gasteiger partial charge in [-0.25, -0.2) is 0 Å². The van der Waals surface area contributed by atoms with E-state index in [1.165, 1.54) is 6.08 Å². The number of carbonyl (C=O) groups excluding carboxylic acids is 1. The summed E-state index contributed by atoms with van der Waals surface area (Å²) in [7, 11) is 2.00. The van der Waals surface area contributed by atoms with Gasteiger partial charge in [-0.05, 0) is 69.0 Å². The van der Waals surface area contributed by atoms with Crippen LogP contribution in [0.1, 0.15) is 56.6 Å². The molecule has 0 saturated carbocycles. The molecule has 1 unspecified atom stereocenters. The number of aliphatic hydroxyl groups excluding tert-OH is 1. The number of carbonyl (C=O) groups is 1. The van der Waals surface area contributed by atoms with Crippen molar-refractivity contribution < 1.29 is 29.6 Å². The molecule has 4 heterocycles. The van der Waals surface area contributed by atoms with Gasteiger partial charge in [0, 0.05) is 40.9 Å². The van der Waals surface area contributed by atoms with Gasteiger partial charge in [-0.3, -0.25) is 14.6 Å². The van der Waals surface area contributed by atoms with Gasteiger partial charge in [-0.15, -0.1) is 0 Å². The van der Waals surface area contributed by atoms with Crippen molar-refractivity contribution in [2.45, 2.75) is 64.0 Å². The second kappa shape index (κ2) is 10.3. The Bertz CT molecular complexity index is 1650. The molecule has 2 bridgehead atoms. The number of piperazine rings is 1. The minimum Gasteiger partial charge on any atom is -0.507 e. The number of nitrogens with one attached hydrogen (secondary N) is 1. The summed E-state index contributed by atoms with van der Waals surface area (Å²) in [5, 5.41) is 38.1. The van der Waals surface area contributed by atoms with Crippen LogP contribution < -0.4 is 14.8 Å². The highest BCUT2D eigenvalue weighted by molar-refractivity contribution is 5.91. The van der Waals surface area contributed by atoms with Crippen LogP contribution in [0.5, 0.6) is 23.0 Å². The van der Waals surface area contributed by atoms with Crippen molar-refractivity contribution in [3.8, 4) is 23.0 Å². The fraction of sp³-hybridized carbons (Fsp3) is 0.382. The molecule has 1 fully saturated rings. The molecule has 0 aromatic heterocycles. The third kappa shape index (κ3) is 4.21. The summed E-state index contributed by atoms with van der Waals surface area (Å²) in [5.41, 5.74) is 6.74. The molecule has 1 saturated heterocycles. The number of hydrogen-bond acceptors (Lipinski definition) is 8. The molecule has 0 spiro atoms. The molecule has 224 valence electrons. The van der Waals surface area contributed by atoms with E-state index < -0.39 is 12.3 Å². The number of phenols is 2. The van der Waals surface area contributed by atoms with Crippen LogP contribution in [0.15, 0.2) is 42.5 Å². The van der Waals surface area contributed by atoms with E-state index in [0.29, 0.717) is 29.9 Å². The lowest BCUT2D eigenvalue weighted by Crippen LogP contribution is -2.69. The number of aryl methyl sites for hydroxylation is 1. The average Bonchev–Trinajstić information content (AvgIpc) is 3.49. The summed E-state index contributed by atoms with van der Waals surface area (Å²) in [5.74, 6) is 1.20. The first kappa shape index (κ1) is 27.8. The number of fused-ring (bicyclic) bond motifs is 9. The number of ether oxygens (including phenoxy) is 2. The molecule has 5 atom stereocenters. The van der Waals surface area contributed by atoms with E-state index in [0.717, 1.165) is 38.9 Å². The SMILES string of the molecule is Cc1cc2c(c(O)c1C)[C@@H]1C3Cc4c(O)c(C)c5c(c4[C@H](CNC(=O)/C=C/c4ccccc4)N3[C@@H](O)[C@H](C2)N1C)OCO5. The number of rotatable bonds is 4. The summed E-state index contributed by atoms with van der Waals surface area (Å²) in [4.78, 5) is 17.3. The van der Waals surface area contributed by atoms with E-state index in [2.05, 4.69) is 21.2 Å². The van der Waals surface area contributed by atoms with E-state index in [1.54, 1.807) is 6.08 Å². The second-order valence-corrected chi connectivity index (χ2v) is 12.2. The van der Waals surface area contributed by atoms with Crippen LogP contribution in [-0.4, -0.2) is 69.7 Å². The summed E-state index contributed by atoms with van der Waals surface area (Å²) < 4.78 is 11.8. The summed E-state index contributed by atoms with van der Waals surface area (Å²) >= 11 is 0. The molecule has 7 rings (SSSR count). The maximum Gasteiger partial charge on any atom is 0.244 e. The van der Waals surface area contributed by atoms with Crippen molar-refractivity contribution in [2.24, 2.45) is 0 Å². The van der Waals surface area contributed by atoms with Crippen LogP contribution in [0, 0.1) is 20.8 Å². The molecule has 4 aliphatic heterocycles. The van der Waals surface area contributed by atoms with Crippen molar-refractivity contribution in [1.82, 2.24) is 15.1 Å². The van der Waals surface area contributed by atoms with Gasteiger partial charge in [0.1, 0.15) is 17.7 Å². The average molecular weight is 584 g/mol. The number of amides is 1. The standard InChI is InChI=1S/C34H37N3O6/c1-17-12-21-13-24-34(41)37-23(29(36(24)4)27(21)31(40)18(17)2)14-22-28(33-32(42-16-43-33)19(3)30(22)39)25(37)15-35-26(38)11-10-20-8-6-5-7-9-20/h5-12,23-25,29,34,39-41H,13-16H2,1-4H3,(H,35,38)/b11-10+/t23?,24-,25-,29-,34-/m0/s1. The normalized spacial score (nSPS) is 25.7. The first-order valence-electron chi connectivity index (χ1n) is 14.8. The lowest BCUT2D eigenvalue weighted by Gasteiger charge is -2.60. The zero-order valence-electron chi connectivity index (χ0n) is 24.8. The zero-order chi connectivity index (χ0) is 30.2. The summed E-state index contributed by atoms with van der Waals surface area (Å²) in [6.07, 6.45) is 3.38. The fourth-order valence-electron chi connectivity index (χ4n) is 7.71. The highest BCUT2D eigenvalue weighted by atomic mass is 16.7. The smallest absolute Gasteiger partial charge is 0.244 e. The van der Waals surface area contributed by atoms with Gasteiger partial charge in [-0.2, -0.15) is 0 Å². The second-order valence-electron chi connectivity index (χ2n) is 12.2. The van der Waals surface area contributed by atoms with Crippen LogP contribution in [0.4, 0.5) is 0 Å². The van der Waals surface area contributed by atoms with Gasteiger partial charge >= 0.3 is 0 Å². The fourth-order valence-corrected chi connectivity index (χ4v) is 7.71. The van der Waals surface area contributed by atoms with Gasteiger partial charge in [-0.1, -0.05) is 36.4 Å². The summed E-state index contributed by atoms with van der Waals surface area (Å²) in [6, 6.07) is 10.4. The Balaban J connectivity index is 1.33. The molecular weight excluding hydrogens is 546 g/mol. The third-order valence-electron chi connectivity index (χ3n) is 9.99. The van der Waals surface area contributed by atoms with E-state index in [4.69, 9.17) is 9.47 Å². The van der Waals surface area contributed by atoms with E-state index in [-0.39, 0.29) is 48.9 Å². The van der Waals surface area contributed by atoms with Crippen LogP contribution in [0.2, 0.25) is 0 Å². The molecular formula is C34H37N3O6. The molecule has 3 aromatic carbocycles. The van der Waals surface area contributed by atoms with Crippen molar-refractivity contribution in [3.63, 3.8) is 0 Å². The quantitative estimate of drug-likeness (QED) is 0.343. The number of likely N-dealkylation sites (N-methyl/N-ethyl adjacent to an activating group) is 1. The molecule has 1 amide bonds. The Labute approximate surface area is 251 Å². The highest BCUT2D eigenvalue weighted by Gasteiger charge is 2.56. The molecule has 4 aliphatic rings. The zero-order valence-corrected chi connectivity index (χ0v) is 24.8. The Hall–Kier alpha value is -4.05. The molecule has 4 N–H and O–H groups in total. The van der Waals surface area contributed by atoms with Crippen LogP contribution >= 0.6 is 0 Å². The minimum atomic E-state index is -0.875. The maximum atomic E-state index is 13.1. The highest BCUT2D eigenvalue weighted by Crippen LogP contribution is 2.57. The molecule has 43 heavy (non-hydrogen) atoms. The number of hydrogen-bond donors (Lipinski definition) is 4. The first-order valence-corrected chi connectivity index (χ1v) is 14.8. The summed E-state index contributed by atoms with van der Waals surface area (Å²) in [6.45, 7) is 5.94. The topological polar surface area (TPSA) is 115 Å². The van der Waals surface area contributed by atoms with Crippen LogP contribution in [-0.2, 0) is 17.6 Å². The number of phenolic OH excluding ortho intramolecular Hbond substituents is 2. The van der Waals surface area contributed by atoms with E-state index >= 15 is 0 Å². The van der Waals surface area contributed by atoms with Gasteiger partial charge in [0.05, 0.1) is 18.1 Å². The Morgan fingerprint density at radius 1 is 1.00 bits per heavy atom. The number of aromatic hydroxyl groups is 2. The number of benzene rings is 3. The minimum absolute atomic E-state index is 0.0325. The Morgan fingerprint density at radius 3 is 2.51 bits per heavy atom. The van der Waals surface area contributed by atoms with E-state index in [1.807, 2.05) is 58.2 Å². The molecule has 3 aromatic rings. The Morgan fingerprint density at radius 2 is 1.74 bits per heavy atom. The number of aliphatic hydroxyl groups is 1. The largest absolute Gasteiger partial charge is 0.507 e. The van der Waals surface area contributed by atoms with E-state index in [9.17, 15) is 20.1 Å². The van der Waals surface area contributed by atoms with Gasteiger partial charge in [0.2, 0.25) is 12.7 Å². The van der Waals surface area contributed by atoms with Crippen molar-refractivity contribution >= 4 is 12.0 Å². The third-order valence-corrected chi connectivity index (χ3v) is 9.99. The predicted octanol–water partition coefficient (Wildman–Crippen LogP) is 3.78. The van der Waals surface area contributed by atoms with Crippen LogP contribution in [0.3, 0.4) is 0 Å².